The predicted octanol–water partition coefficient (Wildman–Crippen LogP) is 2.41. The highest BCUT2D eigenvalue weighted by molar-refractivity contribution is 5.85. The Labute approximate surface area is 159 Å². The van der Waals surface area contributed by atoms with Crippen LogP contribution in [0.3, 0.4) is 0 Å². The molecule has 5 rings (SSSR count). The van der Waals surface area contributed by atoms with Gasteiger partial charge >= 0.3 is 0 Å². The average molecular weight is 378 g/mol. The molecule has 1 aliphatic rings. The van der Waals surface area contributed by atoms with Crippen LogP contribution in [0.2, 0.25) is 0 Å². The molecular weight excluding hydrogens is 359 g/mol. The second-order valence-corrected chi connectivity index (χ2v) is 7.20. The Kier molecular flexibility index (Phi) is 3.94. The number of aromatic nitrogens is 5. The van der Waals surface area contributed by atoms with Crippen LogP contribution in [0.15, 0.2) is 41.6 Å². The van der Waals surface area contributed by atoms with Crippen LogP contribution in [0.5, 0.6) is 0 Å². The van der Waals surface area contributed by atoms with Crippen molar-refractivity contribution in [3.05, 3.63) is 53.0 Å². The molecular formula is C20H19FN6O. The number of hydrogen-bond acceptors (Lipinski definition) is 5. The van der Waals surface area contributed by atoms with E-state index >= 15 is 0 Å². The van der Waals surface area contributed by atoms with Crippen molar-refractivity contribution in [1.29, 1.82) is 0 Å². The van der Waals surface area contributed by atoms with E-state index in [1.54, 1.807) is 28.7 Å². The van der Waals surface area contributed by atoms with Gasteiger partial charge in [-0.2, -0.15) is 5.10 Å². The van der Waals surface area contributed by atoms with Crippen LogP contribution >= 0.6 is 0 Å². The summed E-state index contributed by atoms with van der Waals surface area (Å²) in [4.78, 5) is 21.8. The summed E-state index contributed by atoms with van der Waals surface area (Å²) < 4.78 is 17.7. The van der Waals surface area contributed by atoms with Gasteiger partial charge in [0.2, 0.25) is 0 Å². The van der Waals surface area contributed by atoms with E-state index in [0.29, 0.717) is 33.2 Å². The number of hydrogen-bond donors (Lipinski definition) is 1. The van der Waals surface area contributed by atoms with E-state index in [-0.39, 0.29) is 11.6 Å². The standard InChI is InChI=1S/C20H19FN6O/c1-26-11-13-8-12(9-16(21)18(13)25-26)19-23-10-15-17(24-19)4-7-27(20(15)28)14-2-5-22-6-3-14/h4,7-11,14,22H,2-3,5-6H2,1H3. The van der Waals surface area contributed by atoms with Gasteiger partial charge in [-0.3, -0.25) is 9.48 Å². The van der Waals surface area contributed by atoms with E-state index in [2.05, 4.69) is 20.4 Å². The van der Waals surface area contributed by atoms with Crippen LogP contribution in [-0.2, 0) is 7.05 Å². The summed E-state index contributed by atoms with van der Waals surface area (Å²) in [6, 6.07) is 5.22. The largest absolute Gasteiger partial charge is 0.317 e. The van der Waals surface area contributed by atoms with Crippen LogP contribution in [0.4, 0.5) is 4.39 Å². The van der Waals surface area contributed by atoms with Crippen LogP contribution in [0, 0.1) is 5.82 Å². The number of benzene rings is 1. The van der Waals surface area contributed by atoms with Crippen molar-refractivity contribution < 1.29 is 4.39 Å². The molecule has 0 spiro atoms. The summed E-state index contributed by atoms with van der Waals surface area (Å²) in [6.07, 6.45) is 6.95. The van der Waals surface area contributed by atoms with Crippen molar-refractivity contribution >= 4 is 21.8 Å². The second-order valence-electron chi connectivity index (χ2n) is 7.20. The number of pyridine rings is 1. The smallest absolute Gasteiger partial charge is 0.261 e. The highest BCUT2D eigenvalue weighted by Gasteiger charge is 2.18. The van der Waals surface area contributed by atoms with Crippen LogP contribution in [0.1, 0.15) is 18.9 Å². The Morgan fingerprint density at radius 1 is 1.25 bits per heavy atom. The average Bonchev–Trinajstić information content (AvgIpc) is 3.09. The summed E-state index contributed by atoms with van der Waals surface area (Å²) in [5.41, 5.74) is 1.36. The Balaban J connectivity index is 1.59. The summed E-state index contributed by atoms with van der Waals surface area (Å²) in [5, 5.41) is 8.59. The third kappa shape index (κ3) is 2.77. The molecule has 142 valence electrons. The minimum Gasteiger partial charge on any atom is -0.317 e. The van der Waals surface area contributed by atoms with Gasteiger partial charge in [-0.25, -0.2) is 14.4 Å². The molecule has 4 aromatic rings. The molecule has 0 atom stereocenters. The number of aryl methyl sites for hydroxylation is 1. The first kappa shape index (κ1) is 17.0. The molecule has 0 unspecified atom stereocenters. The number of rotatable bonds is 2. The van der Waals surface area contributed by atoms with Gasteiger partial charge in [-0.15, -0.1) is 0 Å². The fourth-order valence-corrected chi connectivity index (χ4v) is 3.90. The minimum absolute atomic E-state index is 0.0788. The lowest BCUT2D eigenvalue weighted by Crippen LogP contribution is -2.34. The number of halogens is 1. The maximum Gasteiger partial charge on any atom is 0.261 e. The Morgan fingerprint density at radius 2 is 2.07 bits per heavy atom. The maximum absolute atomic E-state index is 14.4. The molecule has 0 amide bonds. The predicted molar refractivity (Wildman–Crippen MR) is 105 cm³/mol. The minimum atomic E-state index is -0.418. The van der Waals surface area contributed by atoms with Crippen molar-refractivity contribution in [3.63, 3.8) is 0 Å². The molecule has 3 aromatic heterocycles. The molecule has 1 fully saturated rings. The van der Waals surface area contributed by atoms with Crippen molar-refractivity contribution in [1.82, 2.24) is 29.6 Å². The molecule has 0 bridgehead atoms. The van der Waals surface area contributed by atoms with Crippen LogP contribution < -0.4 is 10.9 Å². The van der Waals surface area contributed by atoms with Gasteiger partial charge in [0.25, 0.3) is 5.56 Å². The van der Waals surface area contributed by atoms with Gasteiger partial charge in [-0.1, -0.05) is 0 Å². The third-order valence-corrected chi connectivity index (χ3v) is 5.31. The lowest BCUT2D eigenvalue weighted by atomic mass is 10.1. The molecule has 1 aromatic carbocycles. The highest BCUT2D eigenvalue weighted by Crippen LogP contribution is 2.25. The molecule has 0 radical (unpaired) electrons. The van der Waals surface area contributed by atoms with Gasteiger partial charge in [-0.05, 0) is 44.1 Å². The monoisotopic (exact) mass is 378 g/mol. The zero-order valence-corrected chi connectivity index (χ0v) is 15.4. The number of nitrogens with one attached hydrogen (secondary N) is 1. The molecule has 7 nitrogen and oxygen atoms in total. The first-order chi connectivity index (χ1) is 13.6. The second kappa shape index (κ2) is 6.49. The lowest BCUT2D eigenvalue weighted by molar-refractivity contribution is 0.362. The maximum atomic E-state index is 14.4. The van der Waals surface area contributed by atoms with Crippen LogP contribution in [-0.4, -0.2) is 37.4 Å². The molecule has 4 heterocycles. The molecule has 1 N–H and O–H groups in total. The van der Waals surface area contributed by atoms with E-state index in [1.165, 1.54) is 6.07 Å². The zero-order chi connectivity index (χ0) is 19.3. The normalized spacial score (nSPS) is 15.5. The van der Waals surface area contributed by atoms with Crippen LogP contribution in [0.25, 0.3) is 33.2 Å². The van der Waals surface area contributed by atoms with E-state index < -0.39 is 5.82 Å². The zero-order valence-electron chi connectivity index (χ0n) is 15.4. The summed E-state index contributed by atoms with van der Waals surface area (Å²) in [5.74, 6) is -0.0331. The Morgan fingerprint density at radius 3 is 2.89 bits per heavy atom. The van der Waals surface area contributed by atoms with Crippen molar-refractivity contribution in [2.45, 2.75) is 18.9 Å². The summed E-state index contributed by atoms with van der Waals surface area (Å²) >= 11 is 0. The number of nitrogens with zero attached hydrogens (tertiary/aromatic N) is 5. The third-order valence-electron chi connectivity index (χ3n) is 5.31. The van der Waals surface area contributed by atoms with E-state index in [0.717, 1.165) is 25.9 Å². The number of fused-ring (bicyclic) bond motifs is 2. The Hall–Kier alpha value is -3.13. The van der Waals surface area contributed by atoms with Gasteiger partial charge in [0.15, 0.2) is 11.6 Å². The molecule has 8 heteroatoms. The van der Waals surface area contributed by atoms with Gasteiger partial charge in [0.05, 0.1) is 10.9 Å². The SMILES string of the molecule is Cn1cc2cc(-c3ncc4c(=O)n(C5CCNCC5)ccc4n3)cc(F)c2n1. The quantitative estimate of drug-likeness (QED) is 0.580. The van der Waals surface area contributed by atoms with Gasteiger partial charge < -0.3 is 9.88 Å². The highest BCUT2D eigenvalue weighted by atomic mass is 19.1. The number of piperidine rings is 1. The molecule has 0 saturated carbocycles. The fraction of sp³-hybridized carbons (Fsp3) is 0.300. The van der Waals surface area contributed by atoms with Crippen molar-refractivity contribution in [3.8, 4) is 11.4 Å². The fourth-order valence-electron chi connectivity index (χ4n) is 3.90. The summed E-state index contributed by atoms with van der Waals surface area (Å²) in [6.45, 7) is 1.82. The van der Waals surface area contributed by atoms with Gasteiger partial charge in [0.1, 0.15) is 5.52 Å². The first-order valence-electron chi connectivity index (χ1n) is 9.32. The lowest BCUT2D eigenvalue weighted by Gasteiger charge is -2.24. The topological polar surface area (TPSA) is 77.6 Å². The molecule has 0 aliphatic carbocycles. The van der Waals surface area contributed by atoms with E-state index in [9.17, 15) is 9.18 Å². The molecule has 1 saturated heterocycles. The molecule has 28 heavy (non-hydrogen) atoms. The molecule has 1 aliphatic heterocycles. The Bertz CT molecular complexity index is 1260. The van der Waals surface area contributed by atoms with E-state index in [1.807, 2.05) is 18.3 Å². The van der Waals surface area contributed by atoms with Crippen molar-refractivity contribution in [2.24, 2.45) is 7.05 Å². The first-order valence-corrected chi connectivity index (χ1v) is 9.32. The van der Waals surface area contributed by atoms with Gasteiger partial charge in [0, 0.05) is 42.6 Å². The van der Waals surface area contributed by atoms with Crippen molar-refractivity contribution in [2.75, 3.05) is 13.1 Å². The van der Waals surface area contributed by atoms with E-state index in [4.69, 9.17) is 0 Å². The summed E-state index contributed by atoms with van der Waals surface area (Å²) in [7, 11) is 1.75.